The molecule has 0 saturated heterocycles. The molecular weight excluding hydrogens is 144 g/mol. The Morgan fingerprint density at radius 2 is 1.00 bits per heavy atom. The van der Waals surface area contributed by atoms with Gasteiger partial charge in [0.05, 0.1) is 0 Å². The topological polar surface area (TPSA) is 176 Å². The van der Waals surface area contributed by atoms with Crippen molar-refractivity contribution < 1.29 is 24.9 Å². The number of rotatable bonds is 0. The summed E-state index contributed by atoms with van der Waals surface area (Å²) in [5.41, 5.74) is 0. The number of quaternary nitrogens is 2. The maximum atomic E-state index is 8.89. The highest BCUT2D eigenvalue weighted by Gasteiger charge is 1.46. The van der Waals surface area contributed by atoms with Gasteiger partial charge in [-0.2, -0.15) is 0 Å². The van der Waals surface area contributed by atoms with Crippen LogP contribution >= 0.6 is 0 Å². The fourth-order valence-corrected chi connectivity index (χ4v) is 0. The van der Waals surface area contributed by atoms with Gasteiger partial charge in [0.2, 0.25) is 0 Å². The van der Waals surface area contributed by atoms with Crippen LogP contribution in [0.2, 0.25) is 0 Å². The van der Waals surface area contributed by atoms with Gasteiger partial charge in [0.1, 0.15) is 0 Å². The molecule has 0 amide bonds. The highest BCUT2D eigenvalue weighted by molar-refractivity contribution is 5.60. The molecule has 0 aliphatic rings. The van der Waals surface area contributed by atoms with E-state index in [1.807, 2.05) is 0 Å². The number of carboxylic acid groups (broad SMARTS) is 3. The quantitative estimate of drug-likeness (QED) is 0.379. The monoisotopic (exact) mass is 155 g/mol. The van der Waals surface area contributed by atoms with E-state index >= 15 is 0 Å². The van der Waals surface area contributed by atoms with Gasteiger partial charge in [-0.3, -0.25) is 0 Å². The summed E-state index contributed by atoms with van der Waals surface area (Å²) in [6.45, 7) is 0.972. The van der Waals surface area contributed by atoms with E-state index in [1.165, 1.54) is 0 Å². The largest absolute Gasteiger partial charge is 0.652 e. The van der Waals surface area contributed by atoms with Crippen molar-refractivity contribution in [1.82, 2.24) is 12.3 Å². The van der Waals surface area contributed by atoms with Gasteiger partial charge in [-0.1, -0.05) is 0 Å². The van der Waals surface area contributed by atoms with Crippen LogP contribution in [0.5, 0.6) is 0 Å². The first-order valence-electron chi connectivity index (χ1n) is 1.52. The van der Waals surface area contributed by atoms with Crippen LogP contribution in [0, 0.1) is 0 Å². The zero-order valence-electron chi connectivity index (χ0n) is 6.04. The molecule has 0 atom stereocenters. The first kappa shape index (κ1) is 23.4. The molecule has 0 aromatic rings. The normalized spacial score (nSPS) is 4.90. The van der Waals surface area contributed by atoms with Crippen molar-refractivity contribution in [3.05, 3.63) is 0 Å². The highest BCUT2D eigenvalue weighted by atomic mass is 16.6. The Morgan fingerprint density at radius 1 is 1.00 bits per heavy atom. The van der Waals surface area contributed by atoms with Crippen molar-refractivity contribution in [2.24, 2.45) is 0 Å². The number of hydrogen-bond acceptors (Lipinski definition) is 5. The maximum absolute atomic E-state index is 8.89. The fraction of sp³-hybridized carbons (Fsp3) is 0.333. The van der Waals surface area contributed by atoms with Crippen molar-refractivity contribution in [1.29, 1.82) is 0 Å². The standard InChI is InChI=1S/C2H4O2.CH2O3.2H3N/c1-2(3)4;2-1(3)4;;/h1H3,(H,3,4);(H2,2,3,4);2*1H3/p-1. The molecule has 8 N–H and O–H groups in total. The Morgan fingerprint density at radius 3 is 1.00 bits per heavy atom. The lowest BCUT2D eigenvalue weighted by atomic mass is 10.9. The van der Waals surface area contributed by atoms with E-state index in [2.05, 4.69) is 0 Å². The van der Waals surface area contributed by atoms with Crippen molar-refractivity contribution in [2.75, 3.05) is 0 Å². The van der Waals surface area contributed by atoms with Gasteiger partial charge in [0, 0.05) is 5.97 Å². The fourth-order valence-electron chi connectivity index (χ4n) is 0. The van der Waals surface area contributed by atoms with E-state index in [-0.39, 0.29) is 12.3 Å². The molecule has 0 aliphatic carbocycles. The van der Waals surface area contributed by atoms with Crippen LogP contribution in [-0.4, -0.2) is 12.1 Å². The van der Waals surface area contributed by atoms with Crippen LogP contribution in [0.25, 0.3) is 0 Å². The van der Waals surface area contributed by atoms with Crippen molar-refractivity contribution in [3.63, 3.8) is 0 Å². The first-order chi connectivity index (χ1) is 3.46. The minimum absolute atomic E-state index is 0. The molecule has 10 heavy (non-hydrogen) atoms. The molecule has 0 saturated carbocycles. The van der Waals surface area contributed by atoms with E-state index < -0.39 is 12.1 Å². The average molecular weight is 155 g/mol. The average Bonchev–Trinajstić information content (AvgIpc) is 1.25. The molecule has 7 heteroatoms. The summed E-state index contributed by atoms with van der Waals surface area (Å²) in [6, 6.07) is 0. The predicted octanol–water partition coefficient (Wildman–Crippen LogP) is -2.94. The zero-order chi connectivity index (χ0) is 7.15. The summed E-state index contributed by atoms with van der Waals surface area (Å²) < 4.78 is 0. The van der Waals surface area contributed by atoms with E-state index in [4.69, 9.17) is 24.9 Å². The van der Waals surface area contributed by atoms with E-state index in [0.29, 0.717) is 0 Å². The van der Waals surface area contributed by atoms with E-state index in [0.717, 1.165) is 6.92 Å². The third-order valence-electron chi connectivity index (χ3n) is 0. The lowest BCUT2D eigenvalue weighted by molar-refractivity contribution is -0.415. The van der Waals surface area contributed by atoms with Crippen LogP contribution in [0.4, 0.5) is 4.79 Å². The number of hydrogen-bond donors (Lipinski definition) is 2. The summed E-state index contributed by atoms with van der Waals surface area (Å²) in [6.07, 6.45) is -2.33. The zero-order valence-corrected chi connectivity index (χ0v) is 6.04. The predicted molar refractivity (Wildman–Crippen MR) is 28.0 cm³/mol. The smallest absolute Gasteiger partial charge is 0.0383 e. The molecule has 0 spiro atoms. The van der Waals surface area contributed by atoms with Gasteiger partial charge in [-0.15, -0.1) is 0 Å². The summed E-state index contributed by atoms with van der Waals surface area (Å²) in [4.78, 5) is 17.2. The second kappa shape index (κ2) is 15.6. The van der Waals surface area contributed by atoms with E-state index in [9.17, 15) is 0 Å². The Bertz CT molecular complexity index is 72.9. The Kier molecular flexibility index (Phi) is 36.6. The van der Waals surface area contributed by atoms with Gasteiger partial charge >= 0.3 is 0 Å². The van der Waals surface area contributed by atoms with Gasteiger partial charge in [0.25, 0.3) is 0 Å². The molecule has 0 aliphatic heterocycles. The molecule has 0 rings (SSSR count). The molecule has 0 aromatic carbocycles. The van der Waals surface area contributed by atoms with Crippen LogP contribution in [0.15, 0.2) is 0 Å². The molecule has 0 heterocycles. The third-order valence-corrected chi connectivity index (χ3v) is 0. The van der Waals surface area contributed by atoms with Crippen LogP contribution in [0.3, 0.4) is 0 Å². The van der Waals surface area contributed by atoms with Gasteiger partial charge in [0.15, 0.2) is 0 Å². The van der Waals surface area contributed by atoms with Crippen molar-refractivity contribution in [2.45, 2.75) is 6.92 Å². The van der Waals surface area contributed by atoms with Gasteiger partial charge in [-0.05, 0) is 13.1 Å². The van der Waals surface area contributed by atoms with Crippen LogP contribution in [-0.2, 0) is 4.79 Å². The molecule has 0 aromatic heterocycles. The molecule has 7 nitrogen and oxygen atoms in total. The Balaban J connectivity index is -0.0000000300. The lowest BCUT2D eigenvalue weighted by Crippen LogP contribution is -2.37. The summed E-state index contributed by atoms with van der Waals surface area (Å²) in [5, 5.41) is 25.6. The van der Waals surface area contributed by atoms with Crippen molar-refractivity contribution >= 4 is 12.1 Å². The minimum atomic E-state index is -2.33. The van der Waals surface area contributed by atoms with Crippen molar-refractivity contribution in [3.8, 4) is 0 Å². The van der Waals surface area contributed by atoms with Crippen LogP contribution in [0.1, 0.15) is 6.92 Å². The first-order valence-corrected chi connectivity index (χ1v) is 1.52. The second-order valence-corrected chi connectivity index (χ2v) is 0.742. The number of aliphatic carboxylic acids is 1. The van der Waals surface area contributed by atoms with Gasteiger partial charge in [-0.25, -0.2) is 0 Å². The molecule has 0 fully saturated rings. The lowest BCUT2D eigenvalue weighted by Gasteiger charge is -1.96. The SMILES string of the molecule is CC(=O)[O-].O=C([O-])[O-].[NH4+].[NH4+]. The maximum Gasteiger partial charge on any atom is 0.0383 e. The minimum Gasteiger partial charge on any atom is -0.652 e. The van der Waals surface area contributed by atoms with Gasteiger partial charge < -0.3 is 37.2 Å². The van der Waals surface area contributed by atoms with Crippen LogP contribution < -0.4 is 27.6 Å². The summed E-state index contributed by atoms with van der Waals surface area (Å²) in [5.74, 6) is -1.08. The molecule has 0 radical (unpaired) electrons. The Hall–Kier alpha value is -1.34. The summed E-state index contributed by atoms with van der Waals surface area (Å²) in [7, 11) is 0. The highest BCUT2D eigenvalue weighted by Crippen LogP contribution is 1.31. The summed E-state index contributed by atoms with van der Waals surface area (Å²) >= 11 is 0. The van der Waals surface area contributed by atoms with E-state index in [1.54, 1.807) is 0 Å². The molecule has 0 unspecified atom stereocenters. The molecular formula is C3H11N2O5-. The number of carbonyl (C=O) groups is 2. The molecule has 0 bridgehead atoms. The number of carboxylic acids is 1. The second-order valence-electron chi connectivity index (χ2n) is 0.742. The molecule has 64 valence electrons. The third kappa shape index (κ3) is 119. The Labute approximate surface area is 57.5 Å². The number of carbonyl (C=O) groups excluding carboxylic acids is 2.